The van der Waals surface area contributed by atoms with E-state index in [9.17, 15) is 15.2 Å². The zero-order chi connectivity index (χ0) is 16.4. The maximum absolute atomic E-state index is 10.9. The van der Waals surface area contributed by atoms with Crippen LogP contribution in [0, 0.1) is 10.1 Å². The lowest BCUT2D eigenvalue weighted by Crippen LogP contribution is -1.90. The second-order valence-corrected chi connectivity index (χ2v) is 4.70. The van der Waals surface area contributed by atoms with Gasteiger partial charge in [-0.2, -0.15) is 5.10 Å². The summed E-state index contributed by atoms with van der Waals surface area (Å²) in [4.78, 5) is 14.5. The molecule has 8 heteroatoms. The Kier molecular flexibility index (Phi) is 3.63. The average molecular weight is 312 g/mol. The Morgan fingerprint density at radius 3 is 2.52 bits per heavy atom. The number of methoxy groups -OCH3 is 1. The molecule has 1 aromatic heterocycles. The summed E-state index contributed by atoms with van der Waals surface area (Å²) in [5.41, 5.74) is 0.849. The molecule has 116 valence electrons. The molecule has 2 N–H and O–H groups in total. The van der Waals surface area contributed by atoms with E-state index in [-0.39, 0.29) is 0 Å². The van der Waals surface area contributed by atoms with Gasteiger partial charge in [-0.3, -0.25) is 15.2 Å². The van der Waals surface area contributed by atoms with Crippen LogP contribution in [0.3, 0.4) is 0 Å². The Balaban J connectivity index is 1.95. The molecule has 23 heavy (non-hydrogen) atoms. The molecular weight excluding hydrogens is 300 g/mol. The summed E-state index contributed by atoms with van der Waals surface area (Å²) in [5, 5.41) is 27.2. The molecule has 1 heterocycles. The number of hydrogen-bond donors (Lipinski definition) is 2. The third-order valence-corrected chi connectivity index (χ3v) is 3.28. The highest BCUT2D eigenvalue weighted by Crippen LogP contribution is 2.30. The fraction of sp³-hybridized carbons (Fsp3) is 0.0667. The van der Waals surface area contributed by atoms with Gasteiger partial charge in [0, 0.05) is 17.2 Å². The Hall–Kier alpha value is -3.42. The third-order valence-electron chi connectivity index (χ3n) is 3.28. The molecule has 0 aliphatic heterocycles. The van der Waals surface area contributed by atoms with Crippen molar-refractivity contribution in [3.05, 3.63) is 52.6 Å². The van der Waals surface area contributed by atoms with Gasteiger partial charge < -0.3 is 9.84 Å². The lowest BCUT2D eigenvalue weighted by atomic mass is 10.1. The van der Waals surface area contributed by atoms with Crippen molar-refractivity contribution in [2.75, 3.05) is 7.11 Å². The van der Waals surface area contributed by atoms with Crippen LogP contribution in [-0.2, 0) is 0 Å². The summed E-state index contributed by atoms with van der Waals surface area (Å²) >= 11 is 0. The number of nitrogens with one attached hydrogen (secondary N) is 1. The van der Waals surface area contributed by atoms with Crippen molar-refractivity contribution in [1.29, 1.82) is 0 Å². The molecule has 0 aliphatic carbocycles. The van der Waals surface area contributed by atoms with Crippen molar-refractivity contribution in [3.8, 4) is 34.3 Å². The van der Waals surface area contributed by atoms with Crippen LogP contribution in [0.15, 0.2) is 42.5 Å². The third kappa shape index (κ3) is 2.82. The Labute approximate surface area is 130 Å². The zero-order valence-corrected chi connectivity index (χ0v) is 12.1. The molecule has 8 nitrogen and oxygen atoms in total. The smallest absolute Gasteiger partial charge is 0.311 e. The average Bonchev–Trinajstić information content (AvgIpc) is 3.05. The van der Waals surface area contributed by atoms with Gasteiger partial charge in [0.1, 0.15) is 5.75 Å². The van der Waals surface area contributed by atoms with E-state index >= 15 is 0 Å². The molecule has 0 fully saturated rings. The van der Waals surface area contributed by atoms with Crippen LogP contribution < -0.4 is 4.74 Å². The fourth-order valence-corrected chi connectivity index (χ4v) is 2.08. The number of aromatic nitrogens is 3. The van der Waals surface area contributed by atoms with Crippen LogP contribution in [0.4, 0.5) is 5.69 Å². The molecule has 0 aliphatic rings. The van der Waals surface area contributed by atoms with Gasteiger partial charge in [0.05, 0.1) is 12.0 Å². The Morgan fingerprint density at radius 2 is 1.87 bits per heavy atom. The first kappa shape index (κ1) is 14.5. The molecule has 0 amide bonds. The number of rotatable bonds is 4. The molecule has 0 spiro atoms. The predicted octanol–water partition coefficient (Wildman–Crippen LogP) is 2.76. The van der Waals surface area contributed by atoms with E-state index in [1.165, 1.54) is 18.2 Å². The normalized spacial score (nSPS) is 10.5. The molecule has 2 aromatic carbocycles. The van der Waals surface area contributed by atoms with Gasteiger partial charge in [-0.25, -0.2) is 4.98 Å². The minimum Gasteiger partial charge on any atom is -0.502 e. The minimum absolute atomic E-state index is 0.305. The molecule has 3 aromatic rings. The standard InChI is InChI=1S/C15H12N4O4/c1-23-11-5-2-9(3-6-11)14-16-15(18-17-14)10-4-7-13(20)12(8-10)19(21)22/h2-8,20H,1H3,(H,16,17,18). The SMILES string of the molecule is COc1ccc(-c2nc(-c3ccc(O)c([N+](=O)[O-])c3)n[nH]2)cc1. The van der Waals surface area contributed by atoms with Crippen molar-refractivity contribution >= 4 is 5.69 Å². The van der Waals surface area contributed by atoms with Crippen molar-refractivity contribution in [2.45, 2.75) is 0 Å². The predicted molar refractivity (Wildman–Crippen MR) is 82.1 cm³/mol. The van der Waals surface area contributed by atoms with Crippen molar-refractivity contribution in [1.82, 2.24) is 15.2 Å². The summed E-state index contributed by atoms with van der Waals surface area (Å²) in [7, 11) is 1.58. The molecule has 0 atom stereocenters. The summed E-state index contributed by atoms with van der Waals surface area (Å²) in [5.74, 6) is 1.16. The van der Waals surface area contributed by atoms with Gasteiger partial charge in [0.25, 0.3) is 0 Å². The molecule has 0 saturated carbocycles. The molecule has 0 bridgehead atoms. The van der Waals surface area contributed by atoms with E-state index in [1.54, 1.807) is 19.2 Å². The lowest BCUT2D eigenvalue weighted by molar-refractivity contribution is -0.385. The van der Waals surface area contributed by atoms with Crippen molar-refractivity contribution in [2.24, 2.45) is 0 Å². The molecule has 0 radical (unpaired) electrons. The van der Waals surface area contributed by atoms with Crippen LogP contribution in [-0.4, -0.2) is 32.3 Å². The van der Waals surface area contributed by atoms with E-state index in [0.29, 0.717) is 17.2 Å². The first-order chi connectivity index (χ1) is 11.1. The van der Waals surface area contributed by atoms with Crippen molar-refractivity contribution < 1.29 is 14.8 Å². The molecule has 3 rings (SSSR count). The highest BCUT2D eigenvalue weighted by atomic mass is 16.6. The first-order valence-corrected chi connectivity index (χ1v) is 6.63. The second-order valence-electron chi connectivity index (χ2n) is 4.70. The van der Waals surface area contributed by atoms with Crippen LogP contribution in [0.2, 0.25) is 0 Å². The number of aromatic hydroxyl groups is 1. The summed E-state index contributed by atoms with van der Waals surface area (Å²) in [6, 6.07) is 11.2. The summed E-state index contributed by atoms with van der Waals surface area (Å²) in [6.07, 6.45) is 0. The number of phenols is 1. The zero-order valence-electron chi connectivity index (χ0n) is 12.1. The summed E-state index contributed by atoms with van der Waals surface area (Å²) in [6.45, 7) is 0. The number of aromatic amines is 1. The van der Waals surface area contributed by atoms with Crippen LogP contribution in [0.25, 0.3) is 22.8 Å². The molecule has 0 unspecified atom stereocenters. The van der Waals surface area contributed by atoms with Gasteiger partial charge in [-0.15, -0.1) is 0 Å². The topological polar surface area (TPSA) is 114 Å². The highest BCUT2D eigenvalue weighted by Gasteiger charge is 2.16. The number of nitro groups is 1. The van der Waals surface area contributed by atoms with Crippen molar-refractivity contribution in [3.63, 3.8) is 0 Å². The lowest BCUT2D eigenvalue weighted by Gasteiger charge is -2.00. The number of phenolic OH excluding ortho intramolecular Hbond substituents is 1. The van der Waals surface area contributed by atoms with Gasteiger partial charge in [0.2, 0.25) is 0 Å². The number of ether oxygens (including phenoxy) is 1. The first-order valence-electron chi connectivity index (χ1n) is 6.63. The maximum atomic E-state index is 10.9. The number of hydrogen-bond acceptors (Lipinski definition) is 6. The second kappa shape index (κ2) is 5.76. The Morgan fingerprint density at radius 1 is 1.17 bits per heavy atom. The largest absolute Gasteiger partial charge is 0.502 e. The quantitative estimate of drug-likeness (QED) is 0.565. The Bertz CT molecular complexity index is 858. The number of nitrogens with zero attached hydrogens (tertiary/aromatic N) is 3. The van der Waals surface area contributed by atoms with Gasteiger partial charge in [0.15, 0.2) is 17.4 Å². The number of H-pyrrole nitrogens is 1. The van der Waals surface area contributed by atoms with Crippen LogP contribution in [0.5, 0.6) is 11.5 Å². The van der Waals surface area contributed by atoms with E-state index in [0.717, 1.165) is 11.3 Å². The van der Waals surface area contributed by atoms with E-state index in [1.807, 2.05) is 12.1 Å². The number of nitro benzene ring substituents is 1. The van der Waals surface area contributed by atoms with Gasteiger partial charge in [-0.1, -0.05) is 0 Å². The maximum Gasteiger partial charge on any atom is 0.311 e. The minimum atomic E-state index is -0.657. The van der Waals surface area contributed by atoms with Crippen LogP contribution >= 0.6 is 0 Å². The van der Waals surface area contributed by atoms with E-state index in [2.05, 4.69) is 15.2 Å². The van der Waals surface area contributed by atoms with Crippen LogP contribution in [0.1, 0.15) is 0 Å². The van der Waals surface area contributed by atoms with Gasteiger partial charge >= 0.3 is 5.69 Å². The fourth-order valence-electron chi connectivity index (χ4n) is 2.08. The monoisotopic (exact) mass is 312 g/mol. The number of benzene rings is 2. The van der Waals surface area contributed by atoms with Gasteiger partial charge in [-0.05, 0) is 36.4 Å². The molecular formula is C15H12N4O4. The van der Waals surface area contributed by atoms with E-state index in [4.69, 9.17) is 4.74 Å². The highest BCUT2D eigenvalue weighted by molar-refractivity contribution is 5.65. The molecule has 0 saturated heterocycles. The van der Waals surface area contributed by atoms with E-state index < -0.39 is 16.4 Å². The summed E-state index contributed by atoms with van der Waals surface area (Å²) < 4.78 is 5.09.